The normalized spacial score (nSPS) is 11.8. The van der Waals surface area contributed by atoms with Crippen molar-refractivity contribution in [2.75, 3.05) is 5.32 Å². The first-order valence-corrected chi connectivity index (χ1v) is 5.25. The maximum atomic E-state index is 8.92. The van der Waals surface area contributed by atoms with E-state index in [1.165, 1.54) is 6.20 Å². The van der Waals surface area contributed by atoms with Crippen LogP contribution in [0.5, 0.6) is 0 Å². The smallest absolute Gasteiger partial charge is 0.167 e. The summed E-state index contributed by atoms with van der Waals surface area (Å²) in [4.78, 5) is 0. The Morgan fingerprint density at radius 2 is 2.24 bits per heavy atom. The predicted molar refractivity (Wildman–Crippen MR) is 62.2 cm³/mol. The average molecular weight is 228 g/mol. The molecule has 5 nitrogen and oxygen atoms in total. The van der Waals surface area contributed by atoms with Crippen LogP contribution in [0.1, 0.15) is 30.0 Å². The molecule has 2 aromatic rings. The zero-order valence-electron chi connectivity index (χ0n) is 9.64. The van der Waals surface area contributed by atoms with Crippen LogP contribution in [0.25, 0.3) is 0 Å². The van der Waals surface area contributed by atoms with E-state index in [0.29, 0.717) is 11.4 Å². The lowest BCUT2D eigenvalue weighted by Crippen LogP contribution is -2.09. The quantitative estimate of drug-likeness (QED) is 0.873. The van der Waals surface area contributed by atoms with Crippen LogP contribution >= 0.6 is 0 Å². The Labute approximate surface area is 99.1 Å². The highest BCUT2D eigenvalue weighted by Crippen LogP contribution is 2.21. The number of nitriles is 1. The Balaban J connectivity index is 2.19. The zero-order chi connectivity index (χ0) is 12.3. The summed E-state index contributed by atoms with van der Waals surface area (Å²) in [6.45, 7) is 3.83. The van der Waals surface area contributed by atoms with Gasteiger partial charge in [-0.1, -0.05) is 0 Å². The maximum absolute atomic E-state index is 8.92. The van der Waals surface area contributed by atoms with E-state index in [9.17, 15) is 0 Å². The van der Waals surface area contributed by atoms with Gasteiger partial charge in [-0.05, 0) is 32.0 Å². The molecule has 0 aliphatic carbocycles. The molecule has 0 aliphatic rings. The third-order valence-electron chi connectivity index (χ3n) is 2.38. The Bertz CT molecular complexity index is 556. The summed E-state index contributed by atoms with van der Waals surface area (Å²) in [7, 11) is 0. The minimum Gasteiger partial charge on any atom is -0.464 e. The standard InChI is InChI=1S/C12H12N4O/c1-8-3-4-11(17-8)9(2)15-12-10(7-13)5-6-14-16-12/h3-6,9H,1-2H3,(H,15,16). The summed E-state index contributed by atoms with van der Waals surface area (Å²) < 4.78 is 5.50. The minimum absolute atomic E-state index is 0.0625. The van der Waals surface area contributed by atoms with Crippen molar-refractivity contribution in [1.82, 2.24) is 10.2 Å². The molecule has 0 spiro atoms. The summed E-state index contributed by atoms with van der Waals surface area (Å²) in [6.07, 6.45) is 1.49. The van der Waals surface area contributed by atoms with Crippen molar-refractivity contribution in [1.29, 1.82) is 5.26 Å². The van der Waals surface area contributed by atoms with Crippen LogP contribution in [-0.4, -0.2) is 10.2 Å². The van der Waals surface area contributed by atoms with E-state index in [2.05, 4.69) is 21.6 Å². The minimum atomic E-state index is -0.0625. The first-order valence-electron chi connectivity index (χ1n) is 5.25. The van der Waals surface area contributed by atoms with Gasteiger partial charge in [0, 0.05) is 0 Å². The van der Waals surface area contributed by atoms with E-state index in [-0.39, 0.29) is 6.04 Å². The third kappa shape index (κ3) is 2.42. The van der Waals surface area contributed by atoms with Crippen LogP contribution in [0, 0.1) is 18.3 Å². The number of furan rings is 1. The number of rotatable bonds is 3. The topological polar surface area (TPSA) is 74.7 Å². The summed E-state index contributed by atoms with van der Waals surface area (Å²) >= 11 is 0. The first-order chi connectivity index (χ1) is 8.20. The van der Waals surface area contributed by atoms with Gasteiger partial charge in [-0.2, -0.15) is 10.4 Å². The number of hydrogen-bond donors (Lipinski definition) is 1. The van der Waals surface area contributed by atoms with E-state index in [1.54, 1.807) is 6.07 Å². The number of aryl methyl sites for hydroxylation is 1. The molecule has 1 atom stereocenters. The van der Waals surface area contributed by atoms with Crippen molar-refractivity contribution < 1.29 is 4.42 Å². The maximum Gasteiger partial charge on any atom is 0.167 e. The Morgan fingerprint density at radius 3 is 2.88 bits per heavy atom. The highest BCUT2D eigenvalue weighted by molar-refractivity contribution is 5.51. The van der Waals surface area contributed by atoms with Crippen molar-refractivity contribution in [3.05, 3.63) is 41.5 Å². The largest absolute Gasteiger partial charge is 0.464 e. The van der Waals surface area contributed by atoms with Crippen molar-refractivity contribution in [2.45, 2.75) is 19.9 Å². The molecule has 0 aromatic carbocycles. The molecule has 1 unspecified atom stereocenters. The van der Waals surface area contributed by atoms with Crippen LogP contribution in [0.4, 0.5) is 5.82 Å². The van der Waals surface area contributed by atoms with Gasteiger partial charge >= 0.3 is 0 Å². The molecule has 2 rings (SSSR count). The number of nitrogens with zero attached hydrogens (tertiary/aromatic N) is 3. The molecule has 17 heavy (non-hydrogen) atoms. The highest BCUT2D eigenvalue weighted by Gasteiger charge is 2.12. The zero-order valence-corrected chi connectivity index (χ0v) is 9.64. The van der Waals surface area contributed by atoms with Gasteiger partial charge in [-0.25, -0.2) is 0 Å². The van der Waals surface area contributed by atoms with Crippen LogP contribution in [0.3, 0.4) is 0 Å². The Kier molecular flexibility index (Phi) is 3.06. The molecule has 2 heterocycles. The van der Waals surface area contributed by atoms with Crippen molar-refractivity contribution in [3.63, 3.8) is 0 Å². The van der Waals surface area contributed by atoms with E-state index in [4.69, 9.17) is 9.68 Å². The van der Waals surface area contributed by atoms with Crippen LogP contribution in [0.15, 0.2) is 28.8 Å². The molecule has 2 aromatic heterocycles. The molecule has 5 heteroatoms. The summed E-state index contributed by atoms with van der Waals surface area (Å²) in [5.41, 5.74) is 0.468. The van der Waals surface area contributed by atoms with E-state index < -0.39 is 0 Å². The van der Waals surface area contributed by atoms with Gasteiger partial charge < -0.3 is 9.73 Å². The van der Waals surface area contributed by atoms with Gasteiger partial charge in [0.25, 0.3) is 0 Å². The fraction of sp³-hybridized carbons (Fsp3) is 0.250. The summed E-state index contributed by atoms with van der Waals surface area (Å²) in [5, 5.41) is 19.7. The van der Waals surface area contributed by atoms with Crippen molar-refractivity contribution >= 4 is 5.82 Å². The molecule has 0 bridgehead atoms. The molecular formula is C12H12N4O. The first kappa shape index (κ1) is 11.1. The Morgan fingerprint density at radius 1 is 1.41 bits per heavy atom. The van der Waals surface area contributed by atoms with E-state index >= 15 is 0 Å². The lowest BCUT2D eigenvalue weighted by atomic mass is 10.2. The monoisotopic (exact) mass is 228 g/mol. The molecular weight excluding hydrogens is 216 g/mol. The summed E-state index contributed by atoms with van der Waals surface area (Å²) in [6, 6.07) is 7.42. The molecule has 0 saturated heterocycles. The van der Waals surface area contributed by atoms with Gasteiger partial charge in [0.15, 0.2) is 5.82 Å². The van der Waals surface area contributed by atoms with Gasteiger partial charge in [-0.15, -0.1) is 5.10 Å². The lowest BCUT2D eigenvalue weighted by Gasteiger charge is -2.12. The number of hydrogen-bond acceptors (Lipinski definition) is 5. The predicted octanol–water partition coefficient (Wildman–Crippen LogP) is 2.42. The van der Waals surface area contributed by atoms with Gasteiger partial charge in [0.2, 0.25) is 0 Å². The Hall–Kier alpha value is -2.35. The molecule has 1 N–H and O–H groups in total. The van der Waals surface area contributed by atoms with E-state index in [1.807, 2.05) is 26.0 Å². The second-order valence-electron chi connectivity index (χ2n) is 3.72. The van der Waals surface area contributed by atoms with Gasteiger partial charge in [0.05, 0.1) is 17.8 Å². The van der Waals surface area contributed by atoms with E-state index in [0.717, 1.165) is 11.5 Å². The number of anilines is 1. The van der Waals surface area contributed by atoms with Crippen LogP contribution in [-0.2, 0) is 0 Å². The van der Waals surface area contributed by atoms with Gasteiger partial charge in [-0.3, -0.25) is 0 Å². The highest BCUT2D eigenvalue weighted by atomic mass is 16.3. The molecule has 0 aliphatic heterocycles. The summed E-state index contributed by atoms with van der Waals surface area (Å²) in [5.74, 6) is 2.13. The molecule has 0 amide bonds. The van der Waals surface area contributed by atoms with Crippen LogP contribution in [0.2, 0.25) is 0 Å². The van der Waals surface area contributed by atoms with Crippen LogP contribution < -0.4 is 5.32 Å². The second kappa shape index (κ2) is 4.66. The fourth-order valence-electron chi connectivity index (χ4n) is 1.49. The molecule has 0 radical (unpaired) electrons. The number of aromatic nitrogens is 2. The lowest BCUT2D eigenvalue weighted by molar-refractivity contribution is 0.466. The second-order valence-corrected chi connectivity index (χ2v) is 3.72. The SMILES string of the molecule is Cc1ccc(C(C)Nc2nnccc2C#N)o1. The molecule has 0 saturated carbocycles. The molecule has 0 fully saturated rings. The van der Waals surface area contributed by atoms with Crippen molar-refractivity contribution in [2.24, 2.45) is 0 Å². The average Bonchev–Trinajstić information content (AvgIpc) is 2.77. The fourth-order valence-corrected chi connectivity index (χ4v) is 1.49. The number of nitrogens with one attached hydrogen (secondary N) is 1. The van der Waals surface area contributed by atoms with Crippen molar-refractivity contribution in [3.8, 4) is 6.07 Å². The molecule has 86 valence electrons. The van der Waals surface area contributed by atoms with Gasteiger partial charge in [0.1, 0.15) is 17.6 Å². The third-order valence-corrected chi connectivity index (χ3v) is 2.38.